The van der Waals surface area contributed by atoms with Crippen LogP contribution in [-0.4, -0.2) is 22.8 Å². The molecule has 1 aromatic heterocycles. The monoisotopic (exact) mass is 251 g/mol. The third-order valence-corrected chi connectivity index (χ3v) is 4.06. The molecule has 0 aromatic carbocycles. The van der Waals surface area contributed by atoms with Gasteiger partial charge in [-0.25, -0.2) is 4.98 Å². The summed E-state index contributed by atoms with van der Waals surface area (Å²) in [5.74, 6) is 0.433. The van der Waals surface area contributed by atoms with Gasteiger partial charge in [-0.2, -0.15) is 0 Å². The largest absolute Gasteiger partial charge is 0.381 e. The van der Waals surface area contributed by atoms with Crippen LogP contribution in [0.2, 0.25) is 0 Å². The van der Waals surface area contributed by atoms with Gasteiger partial charge in [0.15, 0.2) is 0 Å². The standard InChI is InChI=1S/C14H25N3O/c1-11(2)13(15)12-8-16-10-17(12)9-14(3)4-6-18-7-5-14/h8,10-11,13H,4-7,9,15H2,1-3H3. The summed E-state index contributed by atoms with van der Waals surface area (Å²) in [4.78, 5) is 4.27. The van der Waals surface area contributed by atoms with Gasteiger partial charge < -0.3 is 15.0 Å². The summed E-state index contributed by atoms with van der Waals surface area (Å²) in [6, 6.07) is 0.0657. The zero-order valence-corrected chi connectivity index (χ0v) is 11.7. The van der Waals surface area contributed by atoms with E-state index in [2.05, 4.69) is 30.3 Å². The van der Waals surface area contributed by atoms with Gasteiger partial charge in [0.1, 0.15) is 0 Å². The highest BCUT2D eigenvalue weighted by molar-refractivity contribution is 5.06. The Kier molecular flexibility index (Phi) is 4.07. The fourth-order valence-electron chi connectivity index (χ4n) is 2.52. The number of ether oxygens (including phenoxy) is 1. The van der Waals surface area contributed by atoms with Crippen molar-refractivity contribution in [2.24, 2.45) is 17.1 Å². The molecular weight excluding hydrogens is 226 g/mol. The summed E-state index contributed by atoms with van der Waals surface area (Å²) < 4.78 is 7.68. The number of imidazole rings is 1. The molecule has 1 aromatic rings. The van der Waals surface area contributed by atoms with Crippen LogP contribution >= 0.6 is 0 Å². The lowest BCUT2D eigenvalue weighted by molar-refractivity contribution is 0.0150. The van der Waals surface area contributed by atoms with E-state index in [4.69, 9.17) is 10.5 Å². The molecule has 102 valence electrons. The van der Waals surface area contributed by atoms with Crippen LogP contribution in [0.15, 0.2) is 12.5 Å². The molecule has 0 amide bonds. The first-order chi connectivity index (χ1) is 8.52. The van der Waals surface area contributed by atoms with Crippen molar-refractivity contribution in [1.29, 1.82) is 0 Å². The van der Waals surface area contributed by atoms with Crippen LogP contribution < -0.4 is 5.73 Å². The third-order valence-electron chi connectivity index (χ3n) is 4.06. The van der Waals surface area contributed by atoms with E-state index in [9.17, 15) is 0 Å². The van der Waals surface area contributed by atoms with Crippen LogP contribution in [0.4, 0.5) is 0 Å². The van der Waals surface area contributed by atoms with Crippen LogP contribution in [0.5, 0.6) is 0 Å². The molecule has 18 heavy (non-hydrogen) atoms. The van der Waals surface area contributed by atoms with Gasteiger partial charge in [0.25, 0.3) is 0 Å². The number of rotatable bonds is 4. The van der Waals surface area contributed by atoms with Gasteiger partial charge >= 0.3 is 0 Å². The van der Waals surface area contributed by atoms with E-state index in [-0.39, 0.29) is 6.04 Å². The van der Waals surface area contributed by atoms with Gasteiger partial charge in [0.05, 0.1) is 12.0 Å². The minimum absolute atomic E-state index is 0.0657. The topological polar surface area (TPSA) is 53.1 Å². The van der Waals surface area contributed by atoms with Crippen molar-refractivity contribution in [3.63, 3.8) is 0 Å². The Balaban J connectivity index is 2.12. The molecule has 2 heterocycles. The zero-order valence-electron chi connectivity index (χ0n) is 11.7. The summed E-state index contributed by atoms with van der Waals surface area (Å²) in [5, 5.41) is 0. The van der Waals surface area contributed by atoms with Gasteiger partial charge in [-0.3, -0.25) is 0 Å². The first-order valence-corrected chi connectivity index (χ1v) is 6.85. The van der Waals surface area contributed by atoms with Gasteiger partial charge in [0.2, 0.25) is 0 Å². The van der Waals surface area contributed by atoms with E-state index in [1.807, 2.05) is 12.5 Å². The van der Waals surface area contributed by atoms with Crippen molar-refractivity contribution in [3.8, 4) is 0 Å². The smallest absolute Gasteiger partial charge is 0.0948 e. The van der Waals surface area contributed by atoms with Crippen molar-refractivity contribution in [2.45, 2.75) is 46.2 Å². The predicted molar refractivity (Wildman–Crippen MR) is 72.2 cm³/mol. The Morgan fingerprint density at radius 1 is 1.44 bits per heavy atom. The van der Waals surface area contributed by atoms with E-state index in [1.54, 1.807) is 0 Å². The molecule has 0 aliphatic carbocycles. The second-order valence-corrected chi connectivity index (χ2v) is 6.14. The number of aromatic nitrogens is 2. The van der Waals surface area contributed by atoms with Crippen molar-refractivity contribution >= 4 is 0 Å². The van der Waals surface area contributed by atoms with Crippen LogP contribution in [-0.2, 0) is 11.3 Å². The first-order valence-electron chi connectivity index (χ1n) is 6.85. The highest BCUT2D eigenvalue weighted by atomic mass is 16.5. The van der Waals surface area contributed by atoms with Crippen LogP contribution in [0.3, 0.4) is 0 Å². The summed E-state index contributed by atoms with van der Waals surface area (Å²) in [6.45, 7) is 9.37. The maximum absolute atomic E-state index is 6.25. The molecule has 0 spiro atoms. The van der Waals surface area contributed by atoms with Crippen molar-refractivity contribution in [2.75, 3.05) is 13.2 Å². The highest BCUT2D eigenvalue weighted by Gasteiger charge is 2.29. The average Bonchev–Trinajstić information content (AvgIpc) is 2.76. The molecule has 4 nitrogen and oxygen atoms in total. The summed E-state index contributed by atoms with van der Waals surface area (Å²) >= 11 is 0. The minimum Gasteiger partial charge on any atom is -0.381 e. The maximum atomic E-state index is 6.25. The SMILES string of the molecule is CC(C)C(N)c1cncn1CC1(C)CCOCC1. The quantitative estimate of drug-likeness (QED) is 0.893. The van der Waals surface area contributed by atoms with Gasteiger partial charge in [-0.15, -0.1) is 0 Å². The Bertz CT molecular complexity index is 380. The second kappa shape index (κ2) is 5.41. The second-order valence-electron chi connectivity index (χ2n) is 6.14. The average molecular weight is 251 g/mol. The molecule has 2 rings (SSSR count). The molecule has 0 saturated carbocycles. The Hall–Kier alpha value is -0.870. The molecule has 0 bridgehead atoms. The fourth-order valence-corrected chi connectivity index (χ4v) is 2.52. The number of nitrogens with zero attached hydrogens (tertiary/aromatic N) is 2. The van der Waals surface area contributed by atoms with Crippen molar-refractivity contribution in [1.82, 2.24) is 9.55 Å². The molecule has 1 atom stereocenters. The highest BCUT2D eigenvalue weighted by Crippen LogP contribution is 2.32. The molecule has 2 N–H and O–H groups in total. The first kappa shape index (κ1) is 13.6. The number of hydrogen-bond donors (Lipinski definition) is 1. The molecular formula is C14H25N3O. The Morgan fingerprint density at radius 2 is 2.11 bits per heavy atom. The lowest BCUT2D eigenvalue weighted by atomic mass is 9.82. The fraction of sp³-hybridized carbons (Fsp3) is 0.786. The normalized spacial score (nSPS) is 21.2. The Labute approximate surface area is 110 Å². The van der Waals surface area contributed by atoms with Crippen LogP contribution in [0.25, 0.3) is 0 Å². The van der Waals surface area contributed by atoms with Crippen LogP contribution in [0.1, 0.15) is 45.3 Å². The minimum atomic E-state index is 0.0657. The lowest BCUT2D eigenvalue weighted by Gasteiger charge is -2.34. The predicted octanol–water partition coefficient (Wildman–Crippen LogP) is 2.36. The van der Waals surface area contributed by atoms with E-state index in [1.165, 1.54) is 0 Å². The van der Waals surface area contributed by atoms with Crippen LogP contribution in [0, 0.1) is 11.3 Å². The Morgan fingerprint density at radius 3 is 2.72 bits per heavy atom. The third kappa shape index (κ3) is 2.93. The van der Waals surface area contributed by atoms with Gasteiger partial charge in [-0.1, -0.05) is 20.8 Å². The van der Waals surface area contributed by atoms with E-state index < -0.39 is 0 Å². The van der Waals surface area contributed by atoms with Crippen molar-refractivity contribution < 1.29 is 4.74 Å². The van der Waals surface area contributed by atoms with Gasteiger partial charge in [0, 0.05) is 32.0 Å². The maximum Gasteiger partial charge on any atom is 0.0948 e. The number of nitrogens with two attached hydrogens (primary N) is 1. The molecule has 1 saturated heterocycles. The molecule has 0 radical (unpaired) electrons. The molecule has 4 heteroatoms. The van der Waals surface area contributed by atoms with E-state index in [0.29, 0.717) is 11.3 Å². The molecule has 1 fully saturated rings. The molecule has 1 aliphatic rings. The molecule has 1 unspecified atom stereocenters. The summed E-state index contributed by atoms with van der Waals surface area (Å²) in [6.07, 6.45) is 6.05. The van der Waals surface area contributed by atoms with Crippen molar-refractivity contribution in [3.05, 3.63) is 18.2 Å². The number of hydrogen-bond acceptors (Lipinski definition) is 3. The summed E-state index contributed by atoms with van der Waals surface area (Å²) in [7, 11) is 0. The summed E-state index contributed by atoms with van der Waals surface area (Å²) in [5.41, 5.74) is 7.71. The molecule has 1 aliphatic heterocycles. The lowest BCUT2D eigenvalue weighted by Crippen LogP contribution is -2.32. The van der Waals surface area contributed by atoms with E-state index >= 15 is 0 Å². The van der Waals surface area contributed by atoms with Gasteiger partial charge in [-0.05, 0) is 24.2 Å². The van der Waals surface area contributed by atoms with E-state index in [0.717, 1.165) is 38.3 Å². The zero-order chi connectivity index (χ0) is 13.2.